The molecule has 0 saturated heterocycles. The van der Waals surface area contributed by atoms with Crippen molar-refractivity contribution >= 4 is 22.6 Å². The second-order valence-electron chi connectivity index (χ2n) is 2.65. The van der Waals surface area contributed by atoms with Gasteiger partial charge in [-0.05, 0) is 12.1 Å². The van der Waals surface area contributed by atoms with E-state index in [0.717, 1.165) is 0 Å². The van der Waals surface area contributed by atoms with Crippen LogP contribution in [-0.2, 0) is 11.3 Å². The van der Waals surface area contributed by atoms with Crippen LogP contribution in [0.25, 0.3) is 0 Å². The van der Waals surface area contributed by atoms with Crippen molar-refractivity contribution in [1.29, 1.82) is 0 Å². The minimum atomic E-state index is -2.04. The van der Waals surface area contributed by atoms with Gasteiger partial charge in [-0.25, -0.2) is 4.21 Å². The van der Waals surface area contributed by atoms with Crippen LogP contribution in [0.5, 0.6) is 5.75 Å². The predicted molar refractivity (Wildman–Crippen MR) is 56.6 cm³/mol. The summed E-state index contributed by atoms with van der Waals surface area (Å²) in [5, 5.41) is 0. The van der Waals surface area contributed by atoms with E-state index in [9.17, 15) is 4.21 Å². The third kappa shape index (κ3) is 2.15. The van der Waals surface area contributed by atoms with Crippen molar-refractivity contribution in [3.8, 4) is 5.75 Å². The number of nitrogen functional groups attached to an aromatic ring is 1. The molecule has 0 aromatic heterocycles. The number of hydrogen-bond donors (Lipinski definition) is 2. The minimum absolute atomic E-state index is 0.486. The maximum Gasteiger partial charge on any atom is 0.261 e. The third-order valence-electron chi connectivity index (χ3n) is 1.81. The summed E-state index contributed by atoms with van der Waals surface area (Å²) in [7, 11) is 2.99. The molecule has 0 heterocycles. The second-order valence-corrected chi connectivity index (χ2v) is 3.66. The van der Waals surface area contributed by atoms with Gasteiger partial charge in [0.05, 0.1) is 18.5 Å². The summed E-state index contributed by atoms with van der Waals surface area (Å²) in [6, 6.07) is 4.87. The third-order valence-corrected chi connectivity index (χ3v) is 2.49. The molecule has 0 spiro atoms. The molecule has 3 N–H and O–H groups in total. The number of benzene rings is 1. The molecule has 78 valence electrons. The Bertz CT molecular complexity index is 356. The first-order valence-corrected chi connectivity index (χ1v) is 4.91. The SMILES string of the molecule is COc1cc(N(C)S(=O)O)ccc1N. The predicted octanol–water partition coefficient (Wildman–Crippen LogP) is 0.850. The van der Waals surface area contributed by atoms with Crippen molar-refractivity contribution in [1.82, 2.24) is 0 Å². The monoisotopic (exact) mass is 216 g/mol. The van der Waals surface area contributed by atoms with Crippen molar-refractivity contribution in [2.45, 2.75) is 0 Å². The number of ether oxygens (including phenoxy) is 1. The van der Waals surface area contributed by atoms with Gasteiger partial charge in [-0.3, -0.25) is 8.86 Å². The van der Waals surface area contributed by atoms with Gasteiger partial charge in [0.1, 0.15) is 5.75 Å². The molecule has 0 bridgehead atoms. The summed E-state index contributed by atoms with van der Waals surface area (Å²) in [6.07, 6.45) is 0. The molecule has 0 radical (unpaired) electrons. The Labute approximate surface area is 84.9 Å². The average molecular weight is 216 g/mol. The van der Waals surface area contributed by atoms with E-state index < -0.39 is 11.3 Å². The quantitative estimate of drug-likeness (QED) is 0.580. The van der Waals surface area contributed by atoms with Crippen LogP contribution in [0.2, 0.25) is 0 Å². The summed E-state index contributed by atoms with van der Waals surface area (Å²) in [5.41, 5.74) is 6.65. The van der Waals surface area contributed by atoms with E-state index in [1.807, 2.05) is 0 Å². The average Bonchev–Trinajstić information content (AvgIpc) is 2.17. The molecule has 14 heavy (non-hydrogen) atoms. The lowest BCUT2D eigenvalue weighted by Gasteiger charge is -2.15. The highest BCUT2D eigenvalue weighted by Crippen LogP contribution is 2.27. The number of methoxy groups -OCH3 is 1. The first-order valence-electron chi connectivity index (χ1n) is 3.84. The second kappa shape index (κ2) is 4.30. The maximum absolute atomic E-state index is 10.7. The minimum Gasteiger partial charge on any atom is -0.495 e. The maximum atomic E-state index is 10.7. The summed E-state index contributed by atoms with van der Waals surface area (Å²) in [4.78, 5) is 0. The van der Waals surface area contributed by atoms with Crippen LogP contribution in [0.4, 0.5) is 11.4 Å². The van der Waals surface area contributed by atoms with Crippen LogP contribution in [0.3, 0.4) is 0 Å². The molecular formula is C8H12N2O3S. The lowest BCUT2D eigenvalue weighted by Crippen LogP contribution is -2.19. The zero-order valence-electron chi connectivity index (χ0n) is 7.93. The van der Waals surface area contributed by atoms with Crippen LogP contribution in [0.1, 0.15) is 0 Å². The molecule has 1 aromatic rings. The molecule has 1 atom stereocenters. The van der Waals surface area contributed by atoms with Gasteiger partial charge in [-0.2, -0.15) is 0 Å². The van der Waals surface area contributed by atoms with Gasteiger partial charge in [0, 0.05) is 13.1 Å². The molecule has 5 nitrogen and oxygen atoms in total. The molecule has 0 aliphatic heterocycles. The largest absolute Gasteiger partial charge is 0.495 e. The summed E-state index contributed by atoms with van der Waals surface area (Å²) in [6.45, 7) is 0. The van der Waals surface area contributed by atoms with Gasteiger partial charge in [0.2, 0.25) is 0 Å². The van der Waals surface area contributed by atoms with Gasteiger partial charge >= 0.3 is 0 Å². The molecule has 1 rings (SSSR count). The molecule has 1 aromatic carbocycles. The Morgan fingerprint density at radius 3 is 2.71 bits per heavy atom. The number of hydrogen-bond acceptors (Lipinski definition) is 3. The first-order chi connectivity index (χ1) is 6.56. The Hall–Kier alpha value is -1.27. The number of anilines is 2. The van der Waals surface area contributed by atoms with Gasteiger partial charge < -0.3 is 10.5 Å². The zero-order chi connectivity index (χ0) is 10.7. The lowest BCUT2D eigenvalue weighted by atomic mass is 10.2. The van der Waals surface area contributed by atoms with E-state index in [1.165, 1.54) is 18.5 Å². The molecular weight excluding hydrogens is 204 g/mol. The van der Waals surface area contributed by atoms with Crippen molar-refractivity contribution in [2.24, 2.45) is 0 Å². The van der Waals surface area contributed by atoms with Crippen molar-refractivity contribution in [3.63, 3.8) is 0 Å². The Kier molecular flexibility index (Phi) is 3.32. The first kappa shape index (κ1) is 10.8. The van der Waals surface area contributed by atoms with Crippen LogP contribution in [-0.4, -0.2) is 22.9 Å². The highest BCUT2D eigenvalue weighted by molar-refractivity contribution is 7.80. The number of nitrogens with two attached hydrogens (primary N) is 1. The van der Waals surface area contributed by atoms with Crippen molar-refractivity contribution in [3.05, 3.63) is 18.2 Å². The van der Waals surface area contributed by atoms with E-state index in [-0.39, 0.29) is 0 Å². The topological polar surface area (TPSA) is 75.8 Å². The lowest BCUT2D eigenvalue weighted by molar-refractivity contribution is 0.417. The highest BCUT2D eigenvalue weighted by atomic mass is 32.2. The van der Waals surface area contributed by atoms with Crippen molar-refractivity contribution < 1.29 is 13.5 Å². The molecule has 0 aliphatic rings. The molecule has 0 fully saturated rings. The van der Waals surface area contributed by atoms with Crippen molar-refractivity contribution in [2.75, 3.05) is 24.2 Å². The van der Waals surface area contributed by atoms with Gasteiger partial charge in [-0.15, -0.1) is 0 Å². The van der Waals surface area contributed by atoms with Crippen LogP contribution in [0.15, 0.2) is 18.2 Å². The van der Waals surface area contributed by atoms with Gasteiger partial charge in [0.25, 0.3) is 11.3 Å². The summed E-state index contributed by atoms with van der Waals surface area (Å²) >= 11 is -2.04. The summed E-state index contributed by atoms with van der Waals surface area (Å²) < 4.78 is 25.8. The smallest absolute Gasteiger partial charge is 0.261 e. The Morgan fingerprint density at radius 2 is 2.21 bits per heavy atom. The van der Waals surface area contributed by atoms with E-state index in [2.05, 4.69) is 0 Å². The molecule has 0 amide bonds. The van der Waals surface area contributed by atoms with E-state index in [4.69, 9.17) is 15.0 Å². The molecule has 6 heteroatoms. The normalized spacial score (nSPS) is 12.2. The number of rotatable bonds is 3. The molecule has 0 aliphatic carbocycles. The fraction of sp³-hybridized carbons (Fsp3) is 0.250. The van der Waals surface area contributed by atoms with E-state index in [0.29, 0.717) is 17.1 Å². The standard InChI is InChI=1S/C8H12N2O3S/c1-10(14(11)12)6-3-4-7(9)8(5-6)13-2/h3-5H,9H2,1-2H3,(H,11,12). The Morgan fingerprint density at radius 1 is 1.57 bits per heavy atom. The van der Waals surface area contributed by atoms with Crippen LogP contribution < -0.4 is 14.8 Å². The van der Waals surface area contributed by atoms with E-state index in [1.54, 1.807) is 18.2 Å². The van der Waals surface area contributed by atoms with Crippen LogP contribution >= 0.6 is 0 Å². The fourth-order valence-corrected chi connectivity index (χ4v) is 1.28. The molecule has 0 saturated carbocycles. The Balaban J connectivity index is 3.06. The highest BCUT2D eigenvalue weighted by Gasteiger charge is 2.08. The zero-order valence-corrected chi connectivity index (χ0v) is 8.75. The van der Waals surface area contributed by atoms with Crippen LogP contribution in [0, 0.1) is 0 Å². The number of nitrogens with zero attached hydrogens (tertiary/aromatic N) is 1. The summed E-state index contributed by atoms with van der Waals surface area (Å²) in [5.74, 6) is 0.486. The molecule has 1 unspecified atom stereocenters. The van der Waals surface area contributed by atoms with E-state index >= 15 is 0 Å². The fourth-order valence-electron chi connectivity index (χ4n) is 0.986. The van der Waals surface area contributed by atoms with Gasteiger partial charge in [0.15, 0.2) is 0 Å². The van der Waals surface area contributed by atoms with Gasteiger partial charge in [-0.1, -0.05) is 0 Å².